The summed E-state index contributed by atoms with van der Waals surface area (Å²) in [5, 5.41) is 3.27. The van der Waals surface area contributed by atoms with Crippen LogP contribution in [-0.4, -0.2) is 26.2 Å². The van der Waals surface area contributed by atoms with Crippen LogP contribution in [0.2, 0.25) is 0 Å². The Hall–Kier alpha value is -2.49. The number of ether oxygens (including phenoxy) is 2. The summed E-state index contributed by atoms with van der Waals surface area (Å²) in [4.78, 5) is 11.8. The molecule has 23 heavy (non-hydrogen) atoms. The molecule has 2 aromatic carbocycles. The molecule has 2 aromatic rings. The molecule has 0 heterocycles. The summed E-state index contributed by atoms with van der Waals surface area (Å²) in [6, 6.07) is 13.7. The fourth-order valence-electron chi connectivity index (χ4n) is 2.28. The van der Waals surface area contributed by atoms with Gasteiger partial charge in [0.15, 0.2) is 0 Å². The molecule has 0 spiro atoms. The van der Waals surface area contributed by atoms with Crippen LogP contribution in [-0.2, 0) is 4.74 Å². The van der Waals surface area contributed by atoms with Crippen molar-refractivity contribution in [3.63, 3.8) is 0 Å². The normalized spacial score (nSPS) is 10.2. The number of esters is 1. The number of aryl methyl sites for hydroxylation is 2. The Bertz CT molecular complexity index is 667. The van der Waals surface area contributed by atoms with Gasteiger partial charge in [-0.1, -0.05) is 23.8 Å². The third kappa shape index (κ3) is 5.02. The predicted octanol–water partition coefficient (Wildman–Crippen LogP) is 3.97. The summed E-state index contributed by atoms with van der Waals surface area (Å²) in [6.45, 7) is 5.33. The highest BCUT2D eigenvalue weighted by molar-refractivity contribution is 5.95. The van der Waals surface area contributed by atoms with Gasteiger partial charge in [0, 0.05) is 12.2 Å². The van der Waals surface area contributed by atoms with E-state index in [1.54, 1.807) is 0 Å². The Morgan fingerprint density at radius 2 is 1.87 bits per heavy atom. The number of hydrogen-bond donors (Lipinski definition) is 1. The van der Waals surface area contributed by atoms with Crippen LogP contribution in [0.25, 0.3) is 0 Å². The lowest BCUT2D eigenvalue weighted by atomic mass is 10.1. The van der Waals surface area contributed by atoms with E-state index in [0.717, 1.165) is 30.0 Å². The average Bonchev–Trinajstić information content (AvgIpc) is 2.55. The van der Waals surface area contributed by atoms with Crippen LogP contribution in [0.4, 0.5) is 5.69 Å². The van der Waals surface area contributed by atoms with Gasteiger partial charge in [0.05, 0.1) is 19.3 Å². The van der Waals surface area contributed by atoms with E-state index in [9.17, 15) is 4.79 Å². The second kappa shape index (κ2) is 8.22. The Kier molecular flexibility index (Phi) is 6.03. The molecule has 0 unspecified atom stereocenters. The molecule has 0 aliphatic heterocycles. The molecule has 0 aliphatic carbocycles. The van der Waals surface area contributed by atoms with E-state index in [-0.39, 0.29) is 5.97 Å². The first-order valence-electron chi connectivity index (χ1n) is 7.72. The van der Waals surface area contributed by atoms with Crippen LogP contribution in [0.1, 0.15) is 27.9 Å². The molecular weight excluding hydrogens is 290 g/mol. The van der Waals surface area contributed by atoms with Crippen LogP contribution < -0.4 is 10.1 Å². The lowest BCUT2D eigenvalue weighted by molar-refractivity contribution is 0.0601. The SMILES string of the molecule is COC(=O)c1cc(C)ccc1NCCCOc1cccc(C)c1. The lowest BCUT2D eigenvalue weighted by Gasteiger charge is -2.12. The maximum absolute atomic E-state index is 11.8. The van der Waals surface area contributed by atoms with Gasteiger partial charge in [0.2, 0.25) is 0 Å². The summed E-state index contributed by atoms with van der Waals surface area (Å²) in [5.74, 6) is 0.558. The zero-order valence-electron chi connectivity index (χ0n) is 13.9. The van der Waals surface area contributed by atoms with Crippen molar-refractivity contribution < 1.29 is 14.3 Å². The zero-order chi connectivity index (χ0) is 16.7. The molecule has 0 amide bonds. The van der Waals surface area contributed by atoms with Crippen molar-refractivity contribution in [1.29, 1.82) is 0 Å². The maximum atomic E-state index is 11.8. The minimum atomic E-state index is -0.327. The number of anilines is 1. The second-order valence-corrected chi connectivity index (χ2v) is 5.49. The van der Waals surface area contributed by atoms with Crippen LogP contribution in [0, 0.1) is 13.8 Å². The van der Waals surface area contributed by atoms with E-state index in [0.29, 0.717) is 12.2 Å². The standard InChI is InChI=1S/C19H23NO3/c1-14-6-4-7-16(12-14)23-11-5-10-20-18-9-8-15(2)13-17(18)19(21)22-3/h4,6-9,12-13,20H,5,10-11H2,1-3H3. The highest BCUT2D eigenvalue weighted by Gasteiger charge is 2.11. The van der Waals surface area contributed by atoms with Crippen molar-refractivity contribution in [2.75, 3.05) is 25.6 Å². The summed E-state index contributed by atoms with van der Waals surface area (Å²) in [7, 11) is 1.39. The summed E-state index contributed by atoms with van der Waals surface area (Å²) < 4.78 is 10.5. The van der Waals surface area contributed by atoms with E-state index < -0.39 is 0 Å². The number of nitrogens with one attached hydrogen (secondary N) is 1. The smallest absolute Gasteiger partial charge is 0.339 e. The van der Waals surface area contributed by atoms with E-state index >= 15 is 0 Å². The van der Waals surface area contributed by atoms with Gasteiger partial charge < -0.3 is 14.8 Å². The quantitative estimate of drug-likeness (QED) is 0.620. The highest BCUT2D eigenvalue weighted by atomic mass is 16.5. The molecule has 0 bridgehead atoms. The van der Waals surface area contributed by atoms with E-state index in [1.807, 2.05) is 56.3 Å². The summed E-state index contributed by atoms with van der Waals surface area (Å²) >= 11 is 0. The van der Waals surface area contributed by atoms with Crippen molar-refractivity contribution in [1.82, 2.24) is 0 Å². The third-order valence-corrected chi connectivity index (χ3v) is 3.48. The fraction of sp³-hybridized carbons (Fsp3) is 0.316. The minimum absolute atomic E-state index is 0.327. The van der Waals surface area contributed by atoms with Gasteiger partial charge in [-0.15, -0.1) is 0 Å². The second-order valence-electron chi connectivity index (χ2n) is 5.49. The molecule has 122 valence electrons. The van der Waals surface area contributed by atoms with Crippen LogP contribution in [0.5, 0.6) is 5.75 Å². The van der Waals surface area contributed by atoms with Crippen molar-refractivity contribution in [3.8, 4) is 5.75 Å². The number of rotatable bonds is 7. The van der Waals surface area contributed by atoms with Crippen molar-refractivity contribution in [3.05, 3.63) is 59.2 Å². The first-order valence-corrected chi connectivity index (χ1v) is 7.72. The van der Waals surface area contributed by atoms with Gasteiger partial charge in [0.1, 0.15) is 5.75 Å². The van der Waals surface area contributed by atoms with Crippen molar-refractivity contribution >= 4 is 11.7 Å². The first kappa shape index (κ1) is 16.9. The Morgan fingerprint density at radius 3 is 2.61 bits per heavy atom. The molecule has 0 saturated heterocycles. The van der Waals surface area contributed by atoms with Crippen LogP contribution in [0.15, 0.2) is 42.5 Å². The van der Waals surface area contributed by atoms with Gasteiger partial charge >= 0.3 is 5.97 Å². The molecule has 4 nitrogen and oxygen atoms in total. The Balaban J connectivity index is 1.83. The molecule has 1 N–H and O–H groups in total. The Morgan fingerprint density at radius 1 is 1.09 bits per heavy atom. The summed E-state index contributed by atoms with van der Waals surface area (Å²) in [5.41, 5.74) is 3.56. The topological polar surface area (TPSA) is 47.6 Å². The van der Waals surface area contributed by atoms with Crippen LogP contribution in [0.3, 0.4) is 0 Å². The van der Waals surface area contributed by atoms with Crippen molar-refractivity contribution in [2.45, 2.75) is 20.3 Å². The minimum Gasteiger partial charge on any atom is -0.494 e. The van der Waals surface area contributed by atoms with E-state index in [4.69, 9.17) is 9.47 Å². The molecule has 0 saturated carbocycles. The molecule has 0 aliphatic rings. The molecule has 0 fully saturated rings. The number of benzene rings is 2. The molecule has 2 rings (SSSR count). The third-order valence-electron chi connectivity index (χ3n) is 3.48. The zero-order valence-corrected chi connectivity index (χ0v) is 13.9. The molecular formula is C19H23NO3. The first-order chi connectivity index (χ1) is 11.1. The number of hydrogen-bond acceptors (Lipinski definition) is 4. The fourth-order valence-corrected chi connectivity index (χ4v) is 2.28. The van der Waals surface area contributed by atoms with Gasteiger partial charge in [0.25, 0.3) is 0 Å². The van der Waals surface area contributed by atoms with Crippen molar-refractivity contribution in [2.24, 2.45) is 0 Å². The molecule has 0 radical (unpaired) electrons. The molecule has 0 aromatic heterocycles. The maximum Gasteiger partial charge on any atom is 0.339 e. The van der Waals surface area contributed by atoms with Gasteiger partial charge in [-0.25, -0.2) is 4.79 Å². The highest BCUT2D eigenvalue weighted by Crippen LogP contribution is 2.18. The van der Waals surface area contributed by atoms with E-state index in [2.05, 4.69) is 5.32 Å². The van der Waals surface area contributed by atoms with Gasteiger partial charge in [-0.05, 0) is 50.1 Å². The predicted molar refractivity (Wildman–Crippen MR) is 92.3 cm³/mol. The lowest BCUT2D eigenvalue weighted by Crippen LogP contribution is -2.11. The average molecular weight is 313 g/mol. The van der Waals surface area contributed by atoms with Gasteiger partial charge in [-0.2, -0.15) is 0 Å². The molecule has 4 heteroatoms. The van der Waals surface area contributed by atoms with E-state index in [1.165, 1.54) is 12.7 Å². The van der Waals surface area contributed by atoms with Gasteiger partial charge in [-0.3, -0.25) is 0 Å². The summed E-state index contributed by atoms with van der Waals surface area (Å²) in [6.07, 6.45) is 0.836. The molecule has 0 atom stereocenters. The monoisotopic (exact) mass is 313 g/mol. The number of carbonyl (C=O) groups is 1. The number of carbonyl (C=O) groups excluding carboxylic acids is 1. The largest absolute Gasteiger partial charge is 0.494 e. The van der Waals surface area contributed by atoms with Crippen LogP contribution >= 0.6 is 0 Å². The number of methoxy groups -OCH3 is 1. The Labute approximate surface area is 137 Å².